The molecule has 0 heterocycles. The summed E-state index contributed by atoms with van der Waals surface area (Å²) in [4.78, 5) is 25.4. The molecule has 0 bridgehead atoms. The Morgan fingerprint density at radius 1 is 1.16 bits per heavy atom. The number of hydrogen-bond donors (Lipinski definition) is 1. The van der Waals surface area contributed by atoms with E-state index in [1.54, 1.807) is 6.92 Å². The summed E-state index contributed by atoms with van der Waals surface area (Å²) >= 11 is 0. The number of rotatable bonds is 4. The van der Waals surface area contributed by atoms with Gasteiger partial charge in [0.05, 0.1) is 0 Å². The Balaban J connectivity index is 2.42. The van der Waals surface area contributed by atoms with Crippen LogP contribution < -0.4 is 5.32 Å². The first-order valence-electron chi connectivity index (χ1n) is 7.38. The van der Waals surface area contributed by atoms with Gasteiger partial charge in [0.1, 0.15) is 0 Å². The van der Waals surface area contributed by atoms with Crippen LogP contribution in [0.5, 0.6) is 0 Å². The van der Waals surface area contributed by atoms with Gasteiger partial charge in [0, 0.05) is 31.5 Å². The van der Waals surface area contributed by atoms with Crippen LogP contribution in [0, 0.1) is 5.41 Å². The third-order valence-electron chi connectivity index (χ3n) is 3.74. The minimum absolute atomic E-state index is 0.0413. The first kappa shape index (κ1) is 16.0. The van der Waals surface area contributed by atoms with Crippen molar-refractivity contribution in [1.82, 2.24) is 10.2 Å². The van der Waals surface area contributed by atoms with E-state index in [0.29, 0.717) is 19.1 Å². The third-order valence-corrected chi connectivity index (χ3v) is 3.74. The molecule has 1 aliphatic carbocycles. The van der Waals surface area contributed by atoms with Gasteiger partial charge >= 0.3 is 0 Å². The zero-order valence-corrected chi connectivity index (χ0v) is 12.8. The van der Waals surface area contributed by atoms with Crippen LogP contribution in [0.4, 0.5) is 0 Å². The average molecular weight is 268 g/mol. The van der Waals surface area contributed by atoms with E-state index in [4.69, 9.17) is 0 Å². The molecule has 2 amide bonds. The highest BCUT2D eigenvalue weighted by Crippen LogP contribution is 2.22. The van der Waals surface area contributed by atoms with Crippen LogP contribution in [-0.2, 0) is 9.59 Å². The van der Waals surface area contributed by atoms with E-state index in [0.717, 1.165) is 12.8 Å². The lowest BCUT2D eigenvalue weighted by Gasteiger charge is -2.34. The molecule has 1 fully saturated rings. The van der Waals surface area contributed by atoms with Crippen molar-refractivity contribution in [2.75, 3.05) is 13.1 Å². The molecule has 0 unspecified atom stereocenters. The molecule has 1 rings (SSSR count). The van der Waals surface area contributed by atoms with Gasteiger partial charge in [-0.2, -0.15) is 0 Å². The molecule has 0 aromatic carbocycles. The van der Waals surface area contributed by atoms with Gasteiger partial charge in [-0.15, -0.1) is 0 Å². The summed E-state index contributed by atoms with van der Waals surface area (Å²) in [5.41, 5.74) is -0.369. The van der Waals surface area contributed by atoms with Gasteiger partial charge in [-0.25, -0.2) is 0 Å². The van der Waals surface area contributed by atoms with Crippen molar-refractivity contribution in [1.29, 1.82) is 0 Å². The second-order valence-corrected chi connectivity index (χ2v) is 6.51. The van der Waals surface area contributed by atoms with Crippen molar-refractivity contribution in [3.8, 4) is 0 Å². The Morgan fingerprint density at radius 3 is 2.21 bits per heavy atom. The molecule has 4 nitrogen and oxygen atoms in total. The smallest absolute Gasteiger partial charge is 0.225 e. The second kappa shape index (κ2) is 6.92. The normalized spacial score (nSPS) is 17.1. The Hall–Kier alpha value is -1.06. The van der Waals surface area contributed by atoms with Crippen LogP contribution in [-0.4, -0.2) is 35.8 Å². The van der Waals surface area contributed by atoms with Crippen molar-refractivity contribution in [3.63, 3.8) is 0 Å². The van der Waals surface area contributed by atoms with Gasteiger partial charge in [0.2, 0.25) is 11.8 Å². The van der Waals surface area contributed by atoms with Crippen molar-refractivity contribution in [2.24, 2.45) is 5.41 Å². The minimum atomic E-state index is -0.369. The van der Waals surface area contributed by atoms with Crippen LogP contribution in [0.2, 0.25) is 0 Å². The number of carbonyl (C=O) groups is 2. The SMILES string of the molecule is CC(=O)N(CCNC(=O)C(C)(C)C)C1CCCCC1. The average Bonchev–Trinajstić information content (AvgIpc) is 2.33. The summed E-state index contributed by atoms with van der Waals surface area (Å²) in [5, 5.41) is 2.91. The number of nitrogens with zero attached hydrogens (tertiary/aromatic N) is 1. The Bertz CT molecular complexity index is 315. The molecule has 0 aromatic heterocycles. The van der Waals surface area contributed by atoms with Crippen LogP contribution >= 0.6 is 0 Å². The van der Waals surface area contributed by atoms with Gasteiger partial charge in [-0.05, 0) is 12.8 Å². The monoisotopic (exact) mass is 268 g/mol. The van der Waals surface area contributed by atoms with Gasteiger partial charge in [-0.3, -0.25) is 9.59 Å². The highest BCUT2D eigenvalue weighted by Gasteiger charge is 2.24. The molecule has 0 atom stereocenters. The van der Waals surface area contributed by atoms with E-state index in [1.807, 2.05) is 25.7 Å². The molecule has 1 aliphatic rings. The largest absolute Gasteiger partial charge is 0.354 e. The van der Waals surface area contributed by atoms with E-state index in [9.17, 15) is 9.59 Å². The summed E-state index contributed by atoms with van der Waals surface area (Å²) in [6.45, 7) is 8.48. The minimum Gasteiger partial charge on any atom is -0.354 e. The maximum absolute atomic E-state index is 11.8. The number of amides is 2. The maximum atomic E-state index is 11.8. The molecule has 1 saturated carbocycles. The first-order valence-corrected chi connectivity index (χ1v) is 7.38. The predicted octanol–water partition coefficient (Wildman–Crippen LogP) is 2.33. The molecule has 0 aromatic rings. The van der Waals surface area contributed by atoms with Crippen molar-refractivity contribution in [3.05, 3.63) is 0 Å². The lowest BCUT2D eigenvalue weighted by Crippen LogP contribution is -2.46. The lowest BCUT2D eigenvalue weighted by molar-refractivity contribution is -0.133. The van der Waals surface area contributed by atoms with E-state index in [-0.39, 0.29) is 17.2 Å². The molecule has 0 aliphatic heterocycles. The molecule has 0 spiro atoms. The zero-order valence-electron chi connectivity index (χ0n) is 12.8. The predicted molar refractivity (Wildman–Crippen MR) is 76.7 cm³/mol. The molecule has 0 saturated heterocycles. The van der Waals surface area contributed by atoms with E-state index in [1.165, 1.54) is 19.3 Å². The second-order valence-electron chi connectivity index (χ2n) is 6.51. The van der Waals surface area contributed by atoms with Crippen LogP contribution in [0.3, 0.4) is 0 Å². The molecule has 1 N–H and O–H groups in total. The van der Waals surface area contributed by atoms with Gasteiger partial charge < -0.3 is 10.2 Å². The Morgan fingerprint density at radius 2 is 1.74 bits per heavy atom. The molecule has 0 radical (unpaired) electrons. The van der Waals surface area contributed by atoms with Crippen LogP contribution in [0.25, 0.3) is 0 Å². The zero-order chi connectivity index (χ0) is 14.5. The van der Waals surface area contributed by atoms with Crippen molar-refractivity contribution < 1.29 is 9.59 Å². The summed E-state index contributed by atoms with van der Waals surface area (Å²) in [7, 11) is 0. The number of carbonyl (C=O) groups excluding carboxylic acids is 2. The summed E-state index contributed by atoms with van der Waals surface area (Å²) < 4.78 is 0. The fourth-order valence-corrected chi connectivity index (χ4v) is 2.54. The van der Waals surface area contributed by atoms with Crippen molar-refractivity contribution in [2.45, 2.75) is 65.8 Å². The lowest BCUT2D eigenvalue weighted by atomic mass is 9.94. The summed E-state index contributed by atoms with van der Waals surface area (Å²) in [5.74, 6) is 0.163. The fraction of sp³-hybridized carbons (Fsp3) is 0.867. The topological polar surface area (TPSA) is 49.4 Å². The highest BCUT2D eigenvalue weighted by atomic mass is 16.2. The number of hydrogen-bond acceptors (Lipinski definition) is 2. The summed E-state index contributed by atoms with van der Waals surface area (Å²) in [6, 6.07) is 0.373. The van der Waals surface area contributed by atoms with Gasteiger partial charge in [0.15, 0.2) is 0 Å². The van der Waals surface area contributed by atoms with E-state index >= 15 is 0 Å². The van der Waals surface area contributed by atoms with Gasteiger partial charge in [-0.1, -0.05) is 40.0 Å². The summed E-state index contributed by atoms with van der Waals surface area (Å²) in [6.07, 6.45) is 5.91. The van der Waals surface area contributed by atoms with Crippen LogP contribution in [0.15, 0.2) is 0 Å². The third kappa shape index (κ3) is 5.21. The van der Waals surface area contributed by atoms with E-state index in [2.05, 4.69) is 5.32 Å². The molecular weight excluding hydrogens is 240 g/mol. The maximum Gasteiger partial charge on any atom is 0.225 e. The molecule has 4 heteroatoms. The quantitative estimate of drug-likeness (QED) is 0.850. The first-order chi connectivity index (χ1) is 8.82. The molecular formula is C15H28N2O2. The molecule has 110 valence electrons. The van der Waals surface area contributed by atoms with E-state index < -0.39 is 0 Å². The fourth-order valence-electron chi connectivity index (χ4n) is 2.54. The Kier molecular flexibility index (Phi) is 5.83. The van der Waals surface area contributed by atoms with Gasteiger partial charge in [0.25, 0.3) is 0 Å². The number of nitrogens with one attached hydrogen (secondary N) is 1. The Labute approximate surface area is 116 Å². The van der Waals surface area contributed by atoms with Crippen LogP contribution in [0.1, 0.15) is 59.8 Å². The highest BCUT2D eigenvalue weighted by molar-refractivity contribution is 5.81. The standard InChI is InChI=1S/C15H28N2O2/c1-12(18)17(13-8-6-5-7-9-13)11-10-16-14(19)15(2,3)4/h13H,5-11H2,1-4H3,(H,16,19). The molecule has 19 heavy (non-hydrogen) atoms. The van der Waals surface area contributed by atoms with Crippen molar-refractivity contribution >= 4 is 11.8 Å².